The quantitative estimate of drug-likeness (QED) is 0.852. The van der Waals surface area contributed by atoms with Crippen LogP contribution in [0, 0.1) is 5.82 Å². The number of hydrogen-bond donors (Lipinski definition) is 1. The van der Waals surface area contributed by atoms with Gasteiger partial charge in [0.05, 0.1) is 10.6 Å². The average molecular weight is 306 g/mol. The molecule has 7 heteroatoms. The van der Waals surface area contributed by atoms with Gasteiger partial charge in [0.25, 0.3) is 0 Å². The highest BCUT2D eigenvalue weighted by molar-refractivity contribution is 6.30. The molecule has 0 fully saturated rings. The molecule has 0 aliphatic rings. The molecule has 1 heterocycles. The Kier molecular flexibility index (Phi) is 3.96. The first-order chi connectivity index (χ1) is 9.32. The first-order valence-electron chi connectivity index (χ1n) is 5.45. The third-order valence-electron chi connectivity index (χ3n) is 2.73. The van der Waals surface area contributed by atoms with Crippen LogP contribution in [0.1, 0.15) is 22.8 Å². The van der Waals surface area contributed by atoms with E-state index < -0.39 is 29.2 Å². The molecule has 1 N–H and O–H groups in total. The summed E-state index contributed by atoms with van der Waals surface area (Å²) in [5.74, 6) is -0.960. The molecule has 106 valence electrons. The number of aliphatic hydroxyl groups is 1. The smallest absolute Gasteiger partial charge is 0.383 e. The summed E-state index contributed by atoms with van der Waals surface area (Å²) in [4.78, 5) is 3.54. The summed E-state index contributed by atoms with van der Waals surface area (Å²) in [5, 5.41) is 9.72. The summed E-state index contributed by atoms with van der Waals surface area (Å²) in [6.45, 7) is 0. The minimum absolute atomic E-state index is 0.279. The van der Waals surface area contributed by atoms with Gasteiger partial charge in [0, 0.05) is 23.5 Å². The van der Waals surface area contributed by atoms with E-state index in [0.717, 1.165) is 18.5 Å². The summed E-state index contributed by atoms with van der Waals surface area (Å²) in [6.07, 6.45) is -4.67. The highest BCUT2D eigenvalue weighted by Crippen LogP contribution is 2.37. The molecular formula is C13H8ClF4NO. The van der Waals surface area contributed by atoms with Crippen molar-refractivity contribution in [1.82, 2.24) is 4.98 Å². The fourth-order valence-electron chi connectivity index (χ4n) is 1.78. The van der Waals surface area contributed by atoms with Gasteiger partial charge in [-0.3, -0.25) is 4.98 Å². The third-order valence-corrected chi connectivity index (χ3v) is 3.02. The molecule has 1 aromatic carbocycles. The Bertz CT molecular complexity index is 630. The molecular weight excluding hydrogens is 298 g/mol. The Morgan fingerprint density at radius 1 is 1.15 bits per heavy atom. The van der Waals surface area contributed by atoms with Crippen LogP contribution in [0.15, 0.2) is 36.7 Å². The number of aliphatic hydroxyl groups excluding tert-OH is 1. The molecule has 1 atom stereocenters. The zero-order valence-corrected chi connectivity index (χ0v) is 10.6. The largest absolute Gasteiger partial charge is 0.416 e. The van der Waals surface area contributed by atoms with Gasteiger partial charge >= 0.3 is 6.18 Å². The van der Waals surface area contributed by atoms with Gasteiger partial charge < -0.3 is 5.11 Å². The van der Waals surface area contributed by atoms with Crippen molar-refractivity contribution in [1.29, 1.82) is 0 Å². The van der Waals surface area contributed by atoms with Crippen molar-refractivity contribution in [3.63, 3.8) is 0 Å². The van der Waals surface area contributed by atoms with Crippen molar-refractivity contribution in [3.8, 4) is 0 Å². The normalized spacial score (nSPS) is 13.3. The SMILES string of the molecule is OC(c1cnccc1C(F)(F)F)c1cccc(Cl)c1F. The third kappa shape index (κ3) is 2.76. The molecule has 0 aliphatic heterocycles. The van der Waals surface area contributed by atoms with Gasteiger partial charge in [0.15, 0.2) is 0 Å². The fraction of sp³-hybridized carbons (Fsp3) is 0.154. The van der Waals surface area contributed by atoms with Gasteiger partial charge in [0.2, 0.25) is 0 Å². The number of alkyl halides is 3. The highest BCUT2D eigenvalue weighted by atomic mass is 35.5. The Morgan fingerprint density at radius 2 is 1.85 bits per heavy atom. The molecule has 2 rings (SSSR count). The van der Waals surface area contributed by atoms with Gasteiger partial charge in [-0.15, -0.1) is 0 Å². The molecule has 0 saturated carbocycles. The zero-order valence-electron chi connectivity index (χ0n) is 9.83. The van der Waals surface area contributed by atoms with Crippen molar-refractivity contribution < 1.29 is 22.7 Å². The second kappa shape index (κ2) is 5.38. The number of rotatable bonds is 2. The molecule has 2 nitrogen and oxygen atoms in total. The lowest BCUT2D eigenvalue weighted by molar-refractivity contribution is -0.139. The van der Waals surface area contributed by atoms with Crippen LogP contribution in [-0.4, -0.2) is 10.1 Å². The van der Waals surface area contributed by atoms with Crippen molar-refractivity contribution >= 4 is 11.6 Å². The van der Waals surface area contributed by atoms with Crippen LogP contribution < -0.4 is 0 Å². The molecule has 0 amide bonds. The van der Waals surface area contributed by atoms with Gasteiger partial charge in [-0.1, -0.05) is 23.7 Å². The lowest BCUT2D eigenvalue weighted by atomic mass is 9.98. The van der Waals surface area contributed by atoms with Crippen LogP contribution in [0.25, 0.3) is 0 Å². The second-order valence-electron chi connectivity index (χ2n) is 4.01. The fourth-order valence-corrected chi connectivity index (χ4v) is 1.96. The zero-order chi connectivity index (χ0) is 14.9. The molecule has 0 spiro atoms. The van der Waals surface area contributed by atoms with Crippen molar-refractivity contribution in [2.45, 2.75) is 12.3 Å². The van der Waals surface area contributed by atoms with Crippen LogP contribution in [0.5, 0.6) is 0 Å². The Hall–Kier alpha value is -1.66. The molecule has 0 aliphatic carbocycles. The van der Waals surface area contributed by atoms with Gasteiger partial charge in [0.1, 0.15) is 11.9 Å². The molecule has 20 heavy (non-hydrogen) atoms. The van der Waals surface area contributed by atoms with E-state index in [1.54, 1.807) is 0 Å². The van der Waals surface area contributed by atoms with E-state index in [2.05, 4.69) is 4.98 Å². The first kappa shape index (κ1) is 14.7. The molecule has 2 aromatic rings. The van der Waals surface area contributed by atoms with E-state index in [-0.39, 0.29) is 10.6 Å². The minimum Gasteiger partial charge on any atom is -0.383 e. The van der Waals surface area contributed by atoms with Crippen LogP contribution in [-0.2, 0) is 6.18 Å². The molecule has 0 bridgehead atoms. The van der Waals surface area contributed by atoms with Crippen molar-refractivity contribution in [2.75, 3.05) is 0 Å². The van der Waals surface area contributed by atoms with Gasteiger partial charge in [-0.25, -0.2) is 4.39 Å². The number of aromatic nitrogens is 1. The number of benzene rings is 1. The van der Waals surface area contributed by atoms with Crippen molar-refractivity contribution in [3.05, 3.63) is 64.2 Å². The average Bonchev–Trinajstić information content (AvgIpc) is 2.40. The number of hydrogen-bond acceptors (Lipinski definition) is 2. The van der Waals surface area contributed by atoms with Crippen LogP contribution in [0.4, 0.5) is 17.6 Å². The Morgan fingerprint density at radius 3 is 2.50 bits per heavy atom. The number of pyridine rings is 1. The van der Waals surface area contributed by atoms with Crippen LogP contribution >= 0.6 is 11.6 Å². The molecule has 0 saturated heterocycles. The van der Waals surface area contributed by atoms with Crippen LogP contribution in [0.2, 0.25) is 5.02 Å². The maximum atomic E-state index is 13.8. The van der Waals surface area contributed by atoms with Crippen molar-refractivity contribution in [2.24, 2.45) is 0 Å². The predicted molar refractivity (Wildman–Crippen MR) is 64.7 cm³/mol. The maximum absolute atomic E-state index is 13.8. The maximum Gasteiger partial charge on any atom is 0.416 e. The lowest BCUT2D eigenvalue weighted by Gasteiger charge is -2.17. The first-order valence-corrected chi connectivity index (χ1v) is 5.83. The highest BCUT2D eigenvalue weighted by Gasteiger charge is 2.35. The molecule has 1 aromatic heterocycles. The second-order valence-corrected chi connectivity index (χ2v) is 4.41. The van der Waals surface area contributed by atoms with E-state index in [1.807, 2.05) is 0 Å². The molecule has 0 radical (unpaired) electrons. The lowest BCUT2D eigenvalue weighted by Crippen LogP contribution is -2.14. The predicted octanol–water partition coefficient (Wildman–Crippen LogP) is 3.97. The van der Waals surface area contributed by atoms with E-state index in [0.29, 0.717) is 0 Å². The Labute approximate surface area is 116 Å². The van der Waals surface area contributed by atoms with E-state index >= 15 is 0 Å². The Balaban J connectivity index is 2.55. The summed E-state index contributed by atoms with van der Waals surface area (Å²) in [5.41, 5.74) is -1.93. The minimum atomic E-state index is -4.67. The van der Waals surface area contributed by atoms with Gasteiger partial charge in [-0.2, -0.15) is 13.2 Å². The van der Waals surface area contributed by atoms with Crippen LogP contribution in [0.3, 0.4) is 0 Å². The summed E-state index contributed by atoms with van der Waals surface area (Å²) >= 11 is 5.55. The number of halogens is 5. The monoisotopic (exact) mass is 305 g/mol. The summed E-state index contributed by atoms with van der Waals surface area (Å²) < 4.78 is 52.3. The summed E-state index contributed by atoms with van der Waals surface area (Å²) in [6, 6.07) is 4.47. The van der Waals surface area contributed by atoms with Gasteiger partial charge in [-0.05, 0) is 12.1 Å². The molecule has 1 unspecified atom stereocenters. The topological polar surface area (TPSA) is 33.1 Å². The summed E-state index contributed by atoms with van der Waals surface area (Å²) in [7, 11) is 0. The standard InChI is InChI=1S/C13H8ClF4NO/c14-10-3-1-2-7(11(10)15)12(20)8-6-19-5-4-9(8)13(16,17)18/h1-6,12,20H. The van der Waals surface area contributed by atoms with E-state index in [1.165, 1.54) is 18.2 Å². The number of nitrogens with zero attached hydrogens (tertiary/aromatic N) is 1. The van der Waals surface area contributed by atoms with E-state index in [9.17, 15) is 22.7 Å². The van der Waals surface area contributed by atoms with E-state index in [4.69, 9.17) is 11.6 Å².